The van der Waals surface area contributed by atoms with E-state index in [1.54, 1.807) is 26.4 Å². The number of benzene rings is 4. The number of fused-ring (bicyclic) bond motifs is 2. The number of carbonyl (C=O) groups excluding carboxylic acids is 2. The van der Waals surface area contributed by atoms with E-state index in [0.29, 0.717) is 43.2 Å². The number of hydrogen-bond acceptors (Lipinski definition) is 8. The summed E-state index contributed by atoms with van der Waals surface area (Å²) in [7, 11) is 3.09. The van der Waals surface area contributed by atoms with Crippen LogP contribution in [-0.2, 0) is 28.5 Å². The van der Waals surface area contributed by atoms with Gasteiger partial charge in [-0.3, -0.25) is 9.59 Å². The molecule has 2 saturated carbocycles. The summed E-state index contributed by atoms with van der Waals surface area (Å²) in [5, 5.41) is 18.8. The third kappa shape index (κ3) is 12.3. The van der Waals surface area contributed by atoms with Crippen molar-refractivity contribution in [3.8, 4) is 11.5 Å². The van der Waals surface area contributed by atoms with Crippen LogP contribution in [0.1, 0.15) is 99.3 Å². The van der Waals surface area contributed by atoms with E-state index < -0.39 is 5.41 Å². The highest BCUT2D eigenvalue weighted by molar-refractivity contribution is 6.32. The molecule has 2 heterocycles. The summed E-state index contributed by atoms with van der Waals surface area (Å²) in [6.45, 7) is 16.3. The lowest BCUT2D eigenvalue weighted by atomic mass is 9.56. The van der Waals surface area contributed by atoms with Crippen molar-refractivity contribution in [2.24, 2.45) is 22.7 Å². The summed E-state index contributed by atoms with van der Waals surface area (Å²) >= 11 is 31.0. The first kappa shape index (κ1) is 54.2. The van der Waals surface area contributed by atoms with Crippen molar-refractivity contribution in [3.05, 3.63) is 152 Å². The summed E-state index contributed by atoms with van der Waals surface area (Å²) in [5.41, 5.74) is 3.66. The molecule has 2 aliphatic carbocycles. The molecule has 2 aliphatic heterocycles. The average molecular weight is 1050 g/mol. The zero-order chi connectivity index (χ0) is 50.2. The van der Waals surface area contributed by atoms with E-state index in [0.717, 1.165) is 36.8 Å². The Labute approximate surface area is 431 Å². The number of rotatable bonds is 14. The Morgan fingerprint density at radius 1 is 0.667 bits per heavy atom. The molecule has 4 aromatic carbocycles. The van der Waals surface area contributed by atoms with Crippen LogP contribution in [-0.4, -0.2) is 69.3 Å². The summed E-state index contributed by atoms with van der Waals surface area (Å²) in [6.07, 6.45) is 3.36. The Morgan fingerprint density at radius 3 is 1.52 bits per heavy atom. The summed E-state index contributed by atoms with van der Waals surface area (Å²) in [5.74, 6) is 3.34. The molecule has 2 amide bonds. The van der Waals surface area contributed by atoms with E-state index in [-0.39, 0.29) is 90.8 Å². The Bertz CT molecular complexity index is 2440. The van der Waals surface area contributed by atoms with Crippen LogP contribution in [0.3, 0.4) is 0 Å². The number of aromatic hydroxyl groups is 1. The van der Waals surface area contributed by atoms with Crippen LogP contribution in [0.25, 0.3) is 0 Å². The molecule has 69 heavy (non-hydrogen) atoms. The van der Waals surface area contributed by atoms with Gasteiger partial charge in [-0.05, 0) is 134 Å². The second-order valence-electron chi connectivity index (χ2n) is 18.8. The van der Waals surface area contributed by atoms with Gasteiger partial charge in [0.05, 0.1) is 16.7 Å². The SMILES string of the molecule is C=C(CCl)OCOC.C=C(COc1ccc([C@@H]2CC[C@@]3(C)C(=O)N[C@H](C)[C@H]3[C@H]2c2ccc(Cl)cc2)c(Cl)c1)OCOC.C[C@H]1NC(=O)[C@]2(C)CC[C@@H](c3ccc(O)cc3Cl)[C@H](c3ccc(Cl)cc3)[C@H]12. The number of amides is 2. The third-order valence-electron chi connectivity index (χ3n) is 14.5. The number of ether oxygens (including phenoxy) is 5. The molecule has 3 N–H and O–H groups in total. The van der Waals surface area contributed by atoms with Gasteiger partial charge >= 0.3 is 0 Å². The van der Waals surface area contributed by atoms with Crippen molar-refractivity contribution in [2.75, 3.05) is 40.3 Å². The average Bonchev–Trinajstić information content (AvgIpc) is 3.70. The molecule has 4 fully saturated rings. The Kier molecular flexibility index (Phi) is 18.7. The van der Waals surface area contributed by atoms with E-state index in [1.807, 2.05) is 48.5 Å². The van der Waals surface area contributed by atoms with Gasteiger partial charge < -0.3 is 39.4 Å². The molecule has 0 spiro atoms. The van der Waals surface area contributed by atoms with E-state index in [9.17, 15) is 14.7 Å². The molecule has 15 heteroatoms. The van der Waals surface area contributed by atoms with Crippen LogP contribution in [0.2, 0.25) is 20.1 Å². The molecular formula is C54H63Cl5N2O8. The minimum absolute atomic E-state index is 0.0699. The molecular weight excluding hydrogens is 982 g/mol. The number of alkyl halides is 1. The third-order valence-corrected chi connectivity index (χ3v) is 15.9. The van der Waals surface area contributed by atoms with Gasteiger partial charge in [0.15, 0.2) is 13.6 Å². The Balaban J connectivity index is 0.000000199. The second kappa shape index (κ2) is 23.9. The molecule has 10 nitrogen and oxygen atoms in total. The predicted octanol–water partition coefficient (Wildman–Crippen LogP) is 13.2. The number of nitrogens with one attached hydrogen (secondary N) is 2. The van der Waals surface area contributed by atoms with Crippen LogP contribution in [0, 0.1) is 22.7 Å². The highest BCUT2D eigenvalue weighted by atomic mass is 35.5. The summed E-state index contributed by atoms with van der Waals surface area (Å²) in [6, 6.07) is 27.1. The van der Waals surface area contributed by atoms with Crippen molar-refractivity contribution in [1.29, 1.82) is 0 Å². The van der Waals surface area contributed by atoms with E-state index >= 15 is 0 Å². The van der Waals surface area contributed by atoms with E-state index in [1.165, 1.54) is 11.1 Å². The topological polar surface area (TPSA) is 125 Å². The van der Waals surface area contributed by atoms with Gasteiger partial charge in [0.1, 0.15) is 29.6 Å². The number of halogens is 5. The lowest BCUT2D eigenvalue weighted by Crippen LogP contribution is -2.42. The normalized spacial score (nSPS) is 27.8. The predicted molar refractivity (Wildman–Crippen MR) is 276 cm³/mol. The highest BCUT2D eigenvalue weighted by Gasteiger charge is 2.59. The monoisotopic (exact) mass is 1040 g/mol. The fourth-order valence-corrected chi connectivity index (χ4v) is 12.2. The van der Waals surface area contributed by atoms with Crippen LogP contribution >= 0.6 is 58.0 Å². The molecule has 2 saturated heterocycles. The van der Waals surface area contributed by atoms with Gasteiger partial charge in [0, 0.05) is 58.2 Å². The molecule has 10 atom stereocenters. The maximum Gasteiger partial charge on any atom is 0.226 e. The van der Waals surface area contributed by atoms with Crippen molar-refractivity contribution in [2.45, 2.75) is 89.1 Å². The fourth-order valence-electron chi connectivity index (χ4n) is 11.3. The first-order chi connectivity index (χ1) is 32.9. The molecule has 8 rings (SSSR count). The minimum Gasteiger partial charge on any atom is -0.508 e. The first-order valence-electron chi connectivity index (χ1n) is 23.0. The van der Waals surface area contributed by atoms with Crippen LogP contribution in [0.5, 0.6) is 11.5 Å². The van der Waals surface area contributed by atoms with Crippen molar-refractivity contribution < 1.29 is 38.4 Å². The van der Waals surface area contributed by atoms with E-state index in [4.69, 9.17) is 77.0 Å². The quantitative estimate of drug-likeness (QED) is 0.0648. The maximum absolute atomic E-state index is 12.9. The number of methoxy groups -OCH3 is 2. The number of allylic oxidation sites excluding steroid dienone is 1. The largest absolute Gasteiger partial charge is 0.508 e. The molecule has 0 bridgehead atoms. The van der Waals surface area contributed by atoms with Gasteiger partial charge in [-0.2, -0.15) is 0 Å². The van der Waals surface area contributed by atoms with Crippen LogP contribution in [0.15, 0.2) is 110 Å². The van der Waals surface area contributed by atoms with Gasteiger partial charge in [-0.15, -0.1) is 11.6 Å². The number of hydrogen-bond donors (Lipinski definition) is 3. The van der Waals surface area contributed by atoms with Gasteiger partial charge in [-0.25, -0.2) is 0 Å². The molecule has 4 aromatic rings. The standard InChI is InChI=1S/C27H31Cl2NO4.C22H23Cl2NO2.C5H9ClO2/c1-16(34-15-32-4)14-33-20-9-10-21(23(29)13-20)22-11-12-27(3)25(17(2)30-26(27)31)24(22)18-5-7-19(28)8-6-18;1-12-20-19(13-3-5-14(23)6-4-13)17(9-10-22(20,2)21(27)25-12)16-8-7-15(26)11-18(16)24;1-5(3-6)8-4-7-2/h5-10,13,17,22,24-25H,1,11-12,14-15H2,2-4H3,(H,30,31);3-8,11-12,17,19-20,26H,9-10H2,1-2H3,(H,25,27);1,3-4H2,2H3/t17-,22+,24+,25+,27-;12-,17+,19+,20+,22-;/m11./s1. The maximum atomic E-state index is 12.9. The second-order valence-corrected chi connectivity index (χ2v) is 20.8. The molecule has 372 valence electrons. The zero-order valence-corrected chi connectivity index (χ0v) is 43.7. The Morgan fingerprint density at radius 2 is 1.10 bits per heavy atom. The Hall–Kier alpha value is -4.13. The molecule has 4 aliphatic rings. The van der Waals surface area contributed by atoms with E-state index in [2.05, 4.69) is 80.5 Å². The fraction of sp³-hybridized carbons (Fsp3) is 0.444. The summed E-state index contributed by atoms with van der Waals surface area (Å²) < 4.78 is 25.3. The number of phenolic OH excluding ortho intramolecular Hbond substituents is 1. The lowest BCUT2D eigenvalue weighted by molar-refractivity contribution is -0.130. The van der Waals surface area contributed by atoms with Crippen LogP contribution < -0.4 is 15.4 Å². The van der Waals surface area contributed by atoms with Crippen molar-refractivity contribution >= 4 is 69.8 Å². The lowest BCUT2D eigenvalue weighted by Gasteiger charge is -2.46. The molecule has 0 radical (unpaired) electrons. The minimum atomic E-state index is -0.404. The van der Waals surface area contributed by atoms with Gasteiger partial charge in [0.2, 0.25) is 11.8 Å². The number of phenols is 1. The van der Waals surface area contributed by atoms with Crippen molar-refractivity contribution in [1.82, 2.24) is 10.6 Å². The summed E-state index contributed by atoms with van der Waals surface area (Å²) in [4.78, 5) is 25.7. The molecule has 0 unspecified atom stereocenters. The van der Waals surface area contributed by atoms with Crippen LogP contribution in [0.4, 0.5) is 0 Å². The van der Waals surface area contributed by atoms with Crippen molar-refractivity contribution in [3.63, 3.8) is 0 Å². The number of carbonyl (C=O) groups is 2. The zero-order valence-electron chi connectivity index (χ0n) is 40.0. The smallest absolute Gasteiger partial charge is 0.226 e. The highest BCUT2D eigenvalue weighted by Crippen LogP contribution is 2.61. The molecule has 0 aromatic heterocycles. The van der Waals surface area contributed by atoms with Gasteiger partial charge in [0.25, 0.3) is 0 Å². The first-order valence-corrected chi connectivity index (χ1v) is 25.1. The van der Waals surface area contributed by atoms with Gasteiger partial charge in [-0.1, -0.05) is 110 Å².